The number of anilines is 2. The van der Waals surface area contributed by atoms with Crippen LogP contribution in [0.3, 0.4) is 0 Å². The number of aldehydes is 3. The molecule has 5 N–H and O–H groups in total. The summed E-state index contributed by atoms with van der Waals surface area (Å²) in [7, 11) is 3.90. The number of ether oxygens (including phenoxy) is 9. The number of para-hydroxylation sites is 2. The number of nitrogens with one attached hydrogen (secondary N) is 1. The highest BCUT2D eigenvalue weighted by atomic mass is 35.5. The summed E-state index contributed by atoms with van der Waals surface area (Å²) in [6.07, 6.45) is 2.98. The first-order chi connectivity index (χ1) is 36.7. The first-order valence-corrected chi connectivity index (χ1v) is 26.0. The van der Waals surface area contributed by atoms with Crippen molar-refractivity contribution in [3.8, 4) is 16.9 Å². The molecule has 0 saturated carbocycles. The van der Waals surface area contributed by atoms with Gasteiger partial charge in [0.2, 0.25) is 5.91 Å². The van der Waals surface area contributed by atoms with E-state index in [4.69, 9.17) is 65.7 Å². The van der Waals surface area contributed by atoms with Gasteiger partial charge in [0.15, 0.2) is 0 Å². The summed E-state index contributed by atoms with van der Waals surface area (Å²) in [6.45, 7) is 21.3. The predicted octanol–water partition coefficient (Wildman–Crippen LogP) is 8.57. The third kappa shape index (κ3) is 44.3. The van der Waals surface area contributed by atoms with Crippen molar-refractivity contribution >= 4 is 47.7 Å². The van der Waals surface area contributed by atoms with Crippen LogP contribution in [-0.2, 0) is 58.5 Å². The highest BCUT2D eigenvalue weighted by Gasteiger charge is 2.33. The third-order valence-corrected chi connectivity index (χ3v) is 9.17. The normalized spacial score (nSPS) is 10.3. The van der Waals surface area contributed by atoms with Crippen LogP contribution in [0.1, 0.15) is 89.7 Å². The maximum Gasteiger partial charge on any atom is 0.433 e. The number of hydrogen-bond donors (Lipinski definition) is 3. The Morgan fingerprint density at radius 3 is 1.47 bits per heavy atom. The first kappa shape index (κ1) is 75.4. The van der Waals surface area contributed by atoms with Gasteiger partial charge >= 0.3 is 6.18 Å². The molecule has 1 aromatic heterocycles. The molecule has 22 heteroatoms. The molecule has 436 valence electrons. The standard InChI is InChI=1S/C29H53N3O10.C13H8ClF3N2O.C4H10.2C3H6O.C2H6/c1-32(2)27-5-3-4-6-28(27)42-10-7-29(33)31-9-12-35-14-16-37-18-20-39-22-24-41-26-25-40-23-21-38-19-17-36-15-13-34-11-8-30;14-10-2-1-7(6-20)3-8(10)9-5-19-12(4-11(9)18)13(15,16)17;1-3-4-2;2*1-2-3-4;1-2/h3-6H,7-26,30H2,1-2H3,(H,31,33);1-6H,(H2,18,19);3-4H2,1-2H3;2*3H,2H2,1H3;1-2H3. The van der Waals surface area contributed by atoms with Gasteiger partial charge in [-0.05, 0) is 30.3 Å². The van der Waals surface area contributed by atoms with E-state index >= 15 is 0 Å². The van der Waals surface area contributed by atoms with Gasteiger partial charge in [-0.1, -0.05) is 84.2 Å². The zero-order valence-corrected chi connectivity index (χ0v) is 47.0. The number of carbonyl (C=O) groups excluding carboxylic acids is 4. The van der Waals surface area contributed by atoms with Gasteiger partial charge in [0.1, 0.15) is 30.3 Å². The fourth-order valence-corrected chi connectivity index (χ4v) is 5.17. The summed E-state index contributed by atoms with van der Waals surface area (Å²) < 4.78 is 86.6. The van der Waals surface area contributed by atoms with E-state index in [-0.39, 0.29) is 28.6 Å². The number of alkyl halides is 3. The van der Waals surface area contributed by atoms with E-state index in [1.807, 2.05) is 71.0 Å². The van der Waals surface area contributed by atoms with Crippen molar-refractivity contribution < 1.29 is 75.0 Å². The summed E-state index contributed by atoms with van der Waals surface area (Å²) in [4.78, 5) is 46.4. The Bertz CT molecular complexity index is 1830. The van der Waals surface area contributed by atoms with Gasteiger partial charge in [0.05, 0.1) is 124 Å². The van der Waals surface area contributed by atoms with E-state index in [1.54, 1.807) is 0 Å². The Morgan fingerprint density at radius 1 is 0.658 bits per heavy atom. The van der Waals surface area contributed by atoms with Crippen molar-refractivity contribution in [1.82, 2.24) is 10.3 Å². The number of nitrogens with two attached hydrogens (primary N) is 2. The number of nitrogen functional groups attached to an aromatic ring is 1. The molecule has 0 bridgehead atoms. The van der Waals surface area contributed by atoms with E-state index in [0.717, 1.165) is 36.3 Å². The van der Waals surface area contributed by atoms with Crippen molar-refractivity contribution in [3.05, 3.63) is 71.0 Å². The zero-order valence-electron chi connectivity index (χ0n) is 46.3. The number of benzene rings is 2. The van der Waals surface area contributed by atoms with E-state index < -0.39 is 11.9 Å². The van der Waals surface area contributed by atoms with Gasteiger partial charge in [-0.15, -0.1) is 0 Å². The van der Waals surface area contributed by atoms with Crippen molar-refractivity contribution in [3.63, 3.8) is 0 Å². The molecule has 0 fully saturated rings. The summed E-state index contributed by atoms with van der Waals surface area (Å²) in [5.41, 5.74) is 11.7. The van der Waals surface area contributed by atoms with Gasteiger partial charge in [-0.3, -0.25) is 14.6 Å². The van der Waals surface area contributed by atoms with E-state index in [2.05, 4.69) is 24.1 Å². The molecule has 0 saturated heterocycles. The van der Waals surface area contributed by atoms with Crippen LogP contribution in [0.2, 0.25) is 5.02 Å². The minimum Gasteiger partial charge on any atom is -0.491 e. The summed E-state index contributed by atoms with van der Waals surface area (Å²) >= 11 is 5.97. The molecule has 2 aromatic carbocycles. The lowest BCUT2D eigenvalue weighted by molar-refractivity contribution is -0.141. The molecular weight excluding hydrogens is 1020 g/mol. The van der Waals surface area contributed by atoms with Crippen LogP contribution < -0.4 is 26.4 Å². The molecule has 0 spiro atoms. The van der Waals surface area contributed by atoms with Crippen LogP contribution in [0.15, 0.2) is 54.7 Å². The number of carbonyl (C=O) groups is 4. The maximum absolute atomic E-state index is 12.5. The van der Waals surface area contributed by atoms with E-state index in [1.165, 1.54) is 31.0 Å². The number of rotatable bonds is 36. The van der Waals surface area contributed by atoms with Crippen LogP contribution in [0, 0.1) is 0 Å². The fraction of sp³-hybridized carbons (Fsp3) is 0.611. The smallest absolute Gasteiger partial charge is 0.433 e. The number of hydrogen-bond acceptors (Lipinski definition) is 17. The second-order valence-electron chi connectivity index (χ2n) is 15.2. The topological polar surface area (TPSA) is 232 Å². The number of halogens is 4. The molecule has 0 aliphatic carbocycles. The average molecular weight is 1110 g/mol. The monoisotopic (exact) mass is 1110 g/mol. The molecule has 3 aromatic rings. The molecule has 18 nitrogen and oxygen atoms in total. The molecule has 3 rings (SSSR count). The third-order valence-electron chi connectivity index (χ3n) is 8.84. The molecule has 76 heavy (non-hydrogen) atoms. The summed E-state index contributed by atoms with van der Waals surface area (Å²) in [5.74, 6) is 0.687. The first-order valence-electron chi connectivity index (χ1n) is 25.6. The molecule has 0 aliphatic heterocycles. The van der Waals surface area contributed by atoms with Crippen molar-refractivity contribution in [2.75, 3.05) is 150 Å². The molecular formula is C54H89ClF3N5O13. The Labute approximate surface area is 455 Å². The number of amides is 1. The average Bonchev–Trinajstić information content (AvgIpc) is 3.42. The molecule has 0 unspecified atom stereocenters. The molecule has 1 heterocycles. The second-order valence-corrected chi connectivity index (χ2v) is 15.6. The largest absolute Gasteiger partial charge is 0.491 e. The molecule has 0 radical (unpaired) electrons. The Morgan fingerprint density at radius 2 is 1.09 bits per heavy atom. The van der Waals surface area contributed by atoms with Crippen molar-refractivity contribution in [1.29, 1.82) is 0 Å². The minimum atomic E-state index is -4.57. The zero-order chi connectivity index (χ0) is 57.5. The quantitative estimate of drug-likeness (QED) is 0.0366. The summed E-state index contributed by atoms with van der Waals surface area (Å²) in [6, 6.07) is 12.9. The molecule has 1 amide bonds. The van der Waals surface area contributed by atoms with Crippen LogP contribution in [-0.4, -0.2) is 169 Å². The van der Waals surface area contributed by atoms with Gasteiger partial charge in [0.25, 0.3) is 0 Å². The number of unbranched alkanes of at least 4 members (excludes halogenated alkanes) is 1. The lowest BCUT2D eigenvalue weighted by atomic mass is 10.0. The van der Waals surface area contributed by atoms with E-state index in [0.29, 0.717) is 156 Å². The van der Waals surface area contributed by atoms with Gasteiger partial charge in [-0.25, -0.2) is 0 Å². The van der Waals surface area contributed by atoms with E-state index in [9.17, 15) is 32.3 Å². The second kappa shape index (κ2) is 55.0. The Kier molecular flexibility index (Phi) is 54.5. The minimum absolute atomic E-state index is 0.0741. The predicted molar refractivity (Wildman–Crippen MR) is 294 cm³/mol. The lowest BCUT2D eigenvalue weighted by Crippen LogP contribution is -2.28. The maximum atomic E-state index is 12.5. The highest BCUT2D eigenvalue weighted by molar-refractivity contribution is 6.33. The van der Waals surface area contributed by atoms with Gasteiger partial charge in [0, 0.05) is 73.6 Å². The Hall–Kier alpha value is -4.81. The van der Waals surface area contributed by atoms with Crippen LogP contribution >= 0.6 is 11.6 Å². The number of nitrogens with zero attached hydrogens (tertiary/aromatic N) is 2. The summed E-state index contributed by atoms with van der Waals surface area (Å²) in [5, 5.41) is 3.09. The number of aromatic nitrogens is 1. The lowest BCUT2D eigenvalue weighted by Gasteiger charge is -2.17. The fourth-order valence-electron chi connectivity index (χ4n) is 4.95. The van der Waals surface area contributed by atoms with Gasteiger partial charge < -0.3 is 73.9 Å². The Balaban J connectivity index is -0.00000128. The van der Waals surface area contributed by atoms with Crippen LogP contribution in [0.25, 0.3) is 11.1 Å². The van der Waals surface area contributed by atoms with Gasteiger partial charge in [-0.2, -0.15) is 13.2 Å². The number of pyridine rings is 1. The SMILES string of the molecule is CC.CCC=O.CCC=O.CCCC.CN(C)c1ccccc1OCCC(=O)NCCOCCOCCOCCOCCOCCOCCOCCOCCN.Nc1cc(C(F)(F)F)ncc1-c1cc(C=O)ccc1Cl. The van der Waals surface area contributed by atoms with Crippen molar-refractivity contribution in [2.45, 2.75) is 79.8 Å². The van der Waals surface area contributed by atoms with Crippen LogP contribution in [0.5, 0.6) is 5.75 Å². The highest BCUT2D eigenvalue weighted by Crippen LogP contribution is 2.36. The molecule has 0 aliphatic rings. The van der Waals surface area contributed by atoms with Crippen LogP contribution in [0.4, 0.5) is 24.5 Å². The van der Waals surface area contributed by atoms with Crippen molar-refractivity contribution in [2.24, 2.45) is 5.73 Å². The molecule has 0 atom stereocenters.